The first-order valence-electron chi connectivity index (χ1n) is 4.54. The number of fused-ring (bicyclic) bond motifs is 5. The first-order chi connectivity index (χ1) is 5.66. The predicted octanol–water partition coefficient (Wildman–Crippen LogP) is 0.853. The highest BCUT2D eigenvalue weighted by molar-refractivity contribution is 7.91. The molecule has 66 valence electrons. The van der Waals surface area contributed by atoms with Crippen LogP contribution in [0.15, 0.2) is 12.2 Å². The Morgan fingerprint density at radius 2 is 1.50 bits per heavy atom. The van der Waals surface area contributed by atoms with Crippen LogP contribution in [0.25, 0.3) is 0 Å². The predicted molar refractivity (Wildman–Crippen MR) is 46.4 cm³/mol. The van der Waals surface area contributed by atoms with Crippen LogP contribution < -0.4 is 0 Å². The van der Waals surface area contributed by atoms with Gasteiger partial charge in [0, 0.05) is 0 Å². The number of sulfone groups is 1. The number of rotatable bonds is 0. The molecule has 1 aliphatic heterocycles. The van der Waals surface area contributed by atoms with E-state index in [-0.39, 0.29) is 0 Å². The Morgan fingerprint density at radius 1 is 1.00 bits per heavy atom. The lowest BCUT2D eigenvalue weighted by molar-refractivity contribution is 0.395. The summed E-state index contributed by atoms with van der Waals surface area (Å²) in [5, 5.41) is 0. The number of allylic oxidation sites excluding steroid dienone is 2. The van der Waals surface area contributed by atoms with Crippen molar-refractivity contribution in [2.24, 2.45) is 23.7 Å². The minimum atomic E-state index is -2.67. The monoisotopic (exact) mass is 184 g/mol. The van der Waals surface area contributed by atoms with Gasteiger partial charge in [0.25, 0.3) is 0 Å². The van der Waals surface area contributed by atoms with E-state index < -0.39 is 9.84 Å². The standard InChI is InChI=1S/C9H12O2S/c10-12(11)4-8-6-1-2-7(3-6)9(8)5-12/h1-2,6-9H,3-5H2/t6?,7?,8-,9+. The first-order valence-corrected chi connectivity index (χ1v) is 6.37. The highest BCUT2D eigenvalue weighted by Gasteiger charge is 2.51. The maximum atomic E-state index is 11.3. The van der Waals surface area contributed by atoms with E-state index in [1.54, 1.807) is 0 Å². The van der Waals surface area contributed by atoms with Crippen molar-refractivity contribution in [2.75, 3.05) is 11.5 Å². The summed E-state index contributed by atoms with van der Waals surface area (Å²) in [5.41, 5.74) is 0. The third-order valence-electron chi connectivity index (χ3n) is 3.69. The zero-order valence-corrected chi connectivity index (χ0v) is 7.63. The van der Waals surface area contributed by atoms with E-state index in [1.807, 2.05) is 0 Å². The summed E-state index contributed by atoms with van der Waals surface area (Å²) in [6, 6.07) is 0. The Kier molecular flexibility index (Phi) is 1.16. The van der Waals surface area contributed by atoms with Gasteiger partial charge in [-0.15, -0.1) is 0 Å². The van der Waals surface area contributed by atoms with Crippen LogP contribution in [-0.4, -0.2) is 19.9 Å². The fourth-order valence-corrected chi connectivity index (χ4v) is 5.47. The maximum absolute atomic E-state index is 11.3. The van der Waals surface area contributed by atoms with E-state index in [0.29, 0.717) is 35.2 Å². The molecule has 3 aliphatic rings. The van der Waals surface area contributed by atoms with Crippen LogP contribution in [-0.2, 0) is 9.84 Å². The van der Waals surface area contributed by atoms with Crippen molar-refractivity contribution in [2.45, 2.75) is 6.42 Å². The molecule has 1 saturated carbocycles. The average Bonchev–Trinajstić information content (AvgIpc) is 2.54. The first kappa shape index (κ1) is 7.13. The van der Waals surface area contributed by atoms with Gasteiger partial charge in [0.1, 0.15) is 0 Å². The molecule has 1 saturated heterocycles. The topological polar surface area (TPSA) is 34.1 Å². The minimum absolute atomic E-state index is 0.461. The summed E-state index contributed by atoms with van der Waals surface area (Å²) in [6.45, 7) is 0. The molecule has 0 amide bonds. The van der Waals surface area contributed by atoms with E-state index in [9.17, 15) is 8.42 Å². The van der Waals surface area contributed by atoms with Gasteiger partial charge in [-0.3, -0.25) is 0 Å². The Morgan fingerprint density at radius 3 is 2.00 bits per heavy atom. The summed E-state index contributed by atoms with van der Waals surface area (Å²) >= 11 is 0. The molecule has 0 N–H and O–H groups in total. The number of hydrogen-bond donors (Lipinski definition) is 0. The molecule has 3 rings (SSSR count). The molecular weight excluding hydrogens is 172 g/mol. The Balaban J connectivity index is 2.01. The van der Waals surface area contributed by atoms with Crippen LogP contribution in [0.4, 0.5) is 0 Å². The summed E-state index contributed by atoms with van der Waals surface area (Å²) in [5.74, 6) is 3.07. The van der Waals surface area contributed by atoms with Crippen molar-refractivity contribution >= 4 is 9.84 Å². The Hall–Kier alpha value is -0.310. The third-order valence-corrected chi connectivity index (χ3v) is 5.48. The van der Waals surface area contributed by atoms with Gasteiger partial charge >= 0.3 is 0 Å². The zero-order valence-electron chi connectivity index (χ0n) is 6.81. The van der Waals surface area contributed by atoms with Gasteiger partial charge in [-0.05, 0) is 30.1 Å². The van der Waals surface area contributed by atoms with E-state index in [0.717, 1.165) is 0 Å². The zero-order chi connectivity index (χ0) is 8.34. The van der Waals surface area contributed by atoms with Gasteiger partial charge in [0.2, 0.25) is 0 Å². The molecule has 2 nitrogen and oxygen atoms in total. The fraction of sp³-hybridized carbons (Fsp3) is 0.778. The number of hydrogen-bond acceptors (Lipinski definition) is 2. The van der Waals surface area contributed by atoms with Gasteiger partial charge in [-0.25, -0.2) is 8.42 Å². The smallest absolute Gasteiger partial charge is 0.150 e. The lowest BCUT2D eigenvalue weighted by atomic mass is 9.86. The van der Waals surface area contributed by atoms with Crippen LogP contribution in [0.3, 0.4) is 0 Å². The van der Waals surface area contributed by atoms with Crippen LogP contribution >= 0.6 is 0 Å². The second-order valence-corrected chi connectivity index (χ2v) is 6.51. The van der Waals surface area contributed by atoms with Crippen LogP contribution in [0.5, 0.6) is 0 Å². The van der Waals surface area contributed by atoms with Crippen molar-refractivity contribution in [3.63, 3.8) is 0 Å². The quantitative estimate of drug-likeness (QED) is 0.523. The van der Waals surface area contributed by atoms with E-state index in [2.05, 4.69) is 12.2 Å². The highest BCUT2D eigenvalue weighted by atomic mass is 32.2. The van der Waals surface area contributed by atoms with Crippen molar-refractivity contribution in [3.8, 4) is 0 Å². The summed E-state index contributed by atoms with van der Waals surface area (Å²) in [7, 11) is -2.67. The molecule has 0 radical (unpaired) electrons. The summed E-state index contributed by atoms with van der Waals surface area (Å²) in [6.07, 6.45) is 5.68. The molecule has 3 heteroatoms. The molecule has 12 heavy (non-hydrogen) atoms. The third kappa shape index (κ3) is 0.777. The minimum Gasteiger partial charge on any atom is -0.229 e. The van der Waals surface area contributed by atoms with E-state index >= 15 is 0 Å². The molecule has 4 atom stereocenters. The van der Waals surface area contributed by atoms with Gasteiger partial charge in [-0.1, -0.05) is 12.2 Å². The van der Waals surface area contributed by atoms with Gasteiger partial charge < -0.3 is 0 Å². The van der Waals surface area contributed by atoms with Gasteiger partial charge in [0.15, 0.2) is 9.84 Å². The van der Waals surface area contributed by atoms with E-state index in [1.165, 1.54) is 6.42 Å². The molecule has 0 aromatic carbocycles. The largest absolute Gasteiger partial charge is 0.229 e. The van der Waals surface area contributed by atoms with Crippen molar-refractivity contribution < 1.29 is 8.42 Å². The molecule has 0 aromatic heterocycles. The van der Waals surface area contributed by atoms with Crippen molar-refractivity contribution in [3.05, 3.63) is 12.2 Å². The van der Waals surface area contributed by atoms with Gasteiger partial charge in [0.05, 0.1) is 11.5 Å². The van der Waals surface area contributed by atoms with Gasteiger partial charge in [-0.2, -0.15) is 0 Å². The highest BCUT2D eigenvalue weighted by Crippen LogP contribution is 2.51. The molecule has 1 heterocycles. The van der Waals surface area contributed by atoms with E-state index in [4.69, 9.17) is 0 Å². The van der Waals surface area contributed by atoms with Crippen molar-refractivity contribution in [1.82, 2.24) is 0 Å². The summed E-state index contributed by atoms with van der Waals surface area (Å²) < 4.78 is 22.7. The summed E-state index contributed by atoms with van der Waals surface area (Å²) in [4.78, 5) is 0. The second-order valence-electron chi connectivity index (χ2n) is 4.35. The van der Waals surface area contributed by atoms with Crippen LogP contribution in [0.1, 0.15) is 6.42 Å². The molecule has 0 aromatic rings. The molecule has 2 unspecified atom stereocenters. The maximum Gasteiger partial charge on any atom is 0.150 e. The SMILES string of the molecule is O=S1(=O)C[C@@H]2C3C=CC(C3)[C@@H]2C1. The van der Waals surface area contributed by atoms with Crippen LogP contribution in [0, 0.1) is 23.7 Å². The molecule has 2 aliphatic carbocycles. The normalized spacial score (nSPS) is 53.0. The molecule has 0 spiro atoms. The second kappa shape index (κ2) is 1.95. The lowest BCUT2D eigenvalue weighted by Crippen LogP contribution is -2.16. The van der Waals surface area contributed by atoms with Crippen molar-refractivity contribution in [1.29, 1.82) is 0 Å². The molecular formula is C9H12O2S. The fourth-order valence-electron chi connectivity index (χ4n) is 3.18. The van der Waals surface area contributed by atoms with Crippen LogP contribution in [0.2, 0.25) is 0 Å². The Labute approximate surface area is 72.6 Å². The average molecular weight is 184 g/mol. The molecule has 2 bridgehead atoms. The molecule has 2 fully saturated rings. The lowest BCUT2D eigenvalue weighted by Gasteiger charge is -2.17. The Bertz CT molecular complexity index is 316.